The Morgan fingerprint density at radius 2 is 0.885 bits per heavy atom. The highest BCUT2D eigenvalue weighted by Crippen LogP contribution is 2.47. The van der Waals surface area contributed by atoms with E-state index in [1.54, 1.807) is 0 Å². The van der Waals surface area contributed by atoms with E-state index in [0.29, 0.717) is 12.8 Å². The van der Waals surface area contributed by atoms with Crippen molar-refractivity contribution in [1.82, 2.24) is 0 Å². The number of phosphoric acid groups is 1. The minimum atomic E-state index is -5.13. The number of aliphatic hydroxyl groups excluding tert-OH is 5. The fourth-order valence-electron chi connectivity index (χ4n) is 6.56. The van der Waals surface area contributed by atoms with Crippen LogP contribution in [0.4, 0.5) is 0 Å². The Morgan fingerprint density at radius 3 is 1.41 bits per heavy atom. The molecule has 0 saturated heterocycles. The van der Waals surface area contributed by atoms with Gasteiger partial charge in [-0.25, -0.2) is 4.57 Å². The van der Waals surface area contributed by atoms with Gasteiger partial charge in [-0.2, -0.15) is 0 Å². The minimum absolute atomic E-state index is 0.0552. The zero-order chi connectivity index (χ0) is 45.0. The molecular weight excluding hydrogens is 803 g/mol. The lowest BCUT2D eigenvalue weighted by Gasteiger charge is -2.41. The Hall–Kier alpha value is -2.45. The molecule has 0 bridgehead atoms. The van der Waals surface area contributed by atoms with Gasteiger partial charge in [0.2, 0.25) is 0 Å². The van der Waals surface area contributed by atoms with E-state index in [-0.39, 0.29) is 12.8 Å². The van der Waals surface area contributed by atoms with E-state index >= 15 is 0 Å². The van der Waals surface area contributed by atoms with Gasteiger partial charge in [-0.1, -0.05) is 132 Å². The summed E-state index contributed by atoms with van der Waals surface area (Å²) >= 11 is 0. The number of carbonyl (C=O) groups is 2. The fourth-order valence-corrected chi connectivity index (χ4v) is 7.53. The number of aliphatic hydroxyl groups is 5. The molecular formula is C47H81O13P. The number of rotatable bonds is 37. The van der Waals surface area contributed by atoms with E-state index in [1.165, 1.54) is 44.9 Å². The normalized spacial score (nSPS) is 22.6. The van der Waals surface area contributed by atoms with Crippen LogP contribution in [0.1, 0.15) is 168 Å². The van der Waals surface area contributed by atoms with Crippen molar-refractivity contribution in [3.63, 3.8) is 0 Å². The van der Waals surface area contributed by atoms with E-state index in [4.69, 9.17) is 18.5 Å². The second kappa shape index (κ2) is 37.0. The molecule has 0 heterocycles. The zero-order valence-electron chi connectivity index (χ0n) is 37.2. The summed E-state index contributed by atoms with van der Waals surface area (Å²) in [6.45, 7) is 3.21. The number of unbranched alkanes of at least 4 members (excludes halogenated alkanes) is 15. The van der Waals surface area contributed by atoms with Crippen LogP contribution in [0, 0.1) is 0 Å². The topological polar surface area (TPSA) is 210 Å². The van der Waals surface area contributed by atoms with Crippen LogP contribution in [-0.4, -0.2) is 98.3 Å². The van der Waals surface area contributed by atoms with Gasteiger partial charge in [0, 0.05) is 12.8 Å². The molecule has 1 aliphatic rings. The van der Waals surface area contributed by atoms with E-state index in [2.05, 4.69) is 74.6 Å². The second-order valence-electron chi connectivity index (χ2n) is 15.9. The molecule has 1 aliphatic carbocycles. The van der Waals surface area contributed by atoms with Crippen LogP contribution in [0.3, 0.4) is 0 Å². The monoisotopic (exact) mass is 885 g/mol. The summed E-state index contributed by atoms with van der Waals surface area (Å²) in [5.41, 5.74) is 0. The number of carbonyl (C=O) groups excluding carboxylic acids is 2. The molecule has 8 atom stereocenters. The summed E-state index contributed by atoms with van der Waals surface area (Å²) in [6, 6.07) is 0. The Morgan fingerprint density at radius 1 is 0.508 bits per heavy atom. The van der Waals surface area contributed by atoms with Crippen LogP contribution in [0.15, 0.2) is 60.8 Å². The average molecular weight is 885 g/mol. The lowest BCUT2D eigenvalue weighted by atomic mass is 9.85. The molecule has 6 unspecified atom stereocenters. The summed E-state index contributed by atoms with van der Waals surface area (Å²) in [6.07, 6.45) is 31.3. The Labute approximate surface area is 366 Å². The molecule has 352 valence electrons. The van der Waals surface area contributed by atoms with Crippen molar-refractivity contribution in [2.24, 2.45) is 0 Å². The van der Waals surface area contributed by atoms with Gasteiger partial charge in [-0.15, -0.1) is 0 Å². The minimum Gasteiger partial charge on any atom is -0.462 e. The van der Waals surface area contributed by atoms with Crippen molar-refractivity contribution in [3.05, 3.63) is 60.8 Å². The highest BCUT2D eigenvalue weighted by atomic mass is 31.2. The molecule has 6 N–H and O–H groups in total. The lowest BCUT2D eigenvalue weighted by Crippen LogP contribution is -2.64. The van der Waals surface area contributed by atoms with Crippen molar-refractivity contribution in [3.8, 4) is 0 Å². The van der Waals surface area contributed by atoms with Crippen molar-refractivity contribution in [2.45, 2.75) is 211 Å². The van der Waals surface area contributed by atoms with E-state index < -0.39 is 75.7 Å². The molecule has 61 heavy (non-hydrogen) atoms. The van der Waals surface area contributed by atoms with Crippen LogP contribution in [0.25, 0.3) is 0 Å². The molecule has 0 radical (unpaired) electrons. The predicted octanol–water partition coefficient (Wildman–Crippen LogP) is 8.94. The fraction of sp³-hybridized carbons (Fsp3) is 0.745. The molecule has 0 aromatic carbocycles. The summed E-state index contributed by atoms with van der Waals surface area (Å²) in [5.74, 6) is -1.15. The molecule has 1 saturated carbocycles. The van der Waals surface area contributed by atoms with Gasteiger partial charge in [0.05, 0.1) is 6.61 Å². The first-order valence-electron chi connectivity index (χ1n) is 23.1. The highest BCUT2D eigenvalue weighted by molar-refractivity contribution is 7.47. The van der Waals surface area contributed by atoms with Gasteiger partial charge < -0.3 is 39.9 Å². The lowest BCUT2D eigenvalue weighted by molar-refractivity contribution is -0.220. The van der Waals surface area contributed by atoms with Crippen molar-refractivity contribution < 1.29 is 63.1 Å². The zero-order valence-corrected chi connectivity index (χ0v) is 38.1. The molecule has 1 fully saturated rings. The van der Waals surface area contributed by atoms with E-state index in [0.717, 1.165) is 83.5 Å². The molecule has 0 aliphatic heterocycles. The number of esters is 2. The van der Waals surface area contributed by atoms with Crippen LogP contribution < -0.4 is 0 Å². The third kappa shape index (κ3) is 29.5. The van der Waals surface area contributed by atoms with Crippen molar-refractivity contribution in [2.75, 3.05) is 13.2 Å². The summed E-state index contributed by atoms with van der Waals surface area (Å²) < 4.78 is 33.5. The number of phosphoric ester groups is 1. The molecule has 0 spiro atoms. The molecule has 13 nitrogen and oxygen atoms in total. The van der Waals surface area contributed by atoms with Gasteiger partial charge in [0.1, 0.15) is 43.2 Å². The predicted molar refractivity (Wildman–Crippen MR) is 239 cm³/mol. The Kier molecular flexibility index (Phi) is 34.3. The first kappa shape index (κ1) is 56.6. The highest BCUT2D eigenvalue weighted by Gasteiger charge is 2.51. The maximum Gasteiger partial charge on any atom is 0.472 e. The summed E-state index contributed by atoms with van der Waals surface area (Å²) in [7, 11) is -5.13. The smallest absolute Gasteiger partial charge is 0.462 e. The van der Waals surface area contributed by atoms with E-state index in [9.17, 15) is 44.6 Å². The summed E-state index contributed by atoms with van der Waals surface area (Å²) in [5, 5.41) is 50.1. The van der Waals surface area contributed by atoms with Gasteiger partial charge in [-0.3, -0.25) is 18.6 Å². The largest absolute Gasteiger partial charge is 0.472 e. The SMILES string of the molecule is CCCCC/C=C\C/C=C\C/C=C\C/C=C\CCCCCC(=O)O[C@H](COC(=O)CCCCCCC/C=C\CCCCCC)COP(=O)(O)OC1C(O)C(O)C(O)[C@@H](O)C1O. The molecule has 14 heteroatoms. The Balaban J connectivity index is 2.50. The third-order valence-corrected chi connectivity index (χ3v) is 11.3. The van der Waals surface area contributed by atoms with Crippen LogP contribution in [-0.2, 0) is 32.7 Å². The van der Waals surface area contributed by atoms with Crippen LogP contribution in [0.5, 0.6) is 0 Å². The van der Waals surface area contributed by atoms with Crippen molar-refractivity contribution in [1.29, 1.82) is 0 Å². The molecule has 0 aromatic heterocycles. The van der Waals surface area contributed by atoms with Gasteiger partial charge >= 0.3 is 19.8 Å². The summed E-state index contributed by atoms with van der Waals surface area (Å²) in [4.78, 5) is 35.7. The number of allylic oxidation sites excluding steroid dienone is 10. The number of hydrogen-bond acceptors (Lipinski definition) is 12. The Bertz CT molecular complexity index is 1300. The van der Waals surface area contributed by atoms with Gasteiger partial charge in [-0.05, 0) is 83.5 Å². The third-order valence-electron chi connectivity index (χ3n) is 10.3. The van der Waals surface area contributed by atoms with Gasteiger partial charge in [0.25, 0.3) is 0 Å². The number of hydrogen-bond donors (Lipinski definition) is 6. The maximum absolute atomic E-state index is 12.8. The van der Waals surface area contributed by atoms with Crippen LogP contribution in [0.2, 0.25) is 0 Å². The van der Waals surface area contributed by atoms with Crippen molar-refractivity contribution >= 4 is 19.8 Å². The number of ether oxygens (including phenoxy) is 2. The molecule has 1 rings (SSSR count). The second-order valence-corrected chi connectivity index (χ2v) is 17.3. The average Bonchev–Trinajstić information content (AvgIpc) is 3.24. The maximum atomic E-state index is 12.8. The quantitative estimate of drug-likeness (QED) is 0.0149. The van der Waals surface area contributed by atoms with E-state index in [1.807, 2.05) is 0 Å². The van der Waals surface area contributed by atoms with Gasteiger partial charge in [0.15, 0.2) is 6.10 Å². The van der Waals surface area contributed by atoms with Crippen LogP contribution >= 0.6 is 7.82 Å². The standard InChI is InChI=1S/C47H81O13P/c1-3-5-7-9-11-13-15-17-18-19-20-21-22-24-26-28-30-32-34-36-41(49)59-39(38-58-61(55,56)60-47-45(53)43(51)42(50)44(52)46(47)54)37-57-40(48)35-33-31-29-27-25-23-16-14-12-10-8-6-4-2/h11,13-14,16-18,20-21,24,26,39,42-47,50-54H,3-10,12,15,19,22-23,25,27-38H2,1-2H3,(H,55,56)/b13-11-,16-14-,18-17-,21-20-,26-24-/t39-,42?,43-,44?,45?,46?,47?/m1/s1. The molecule has 0 amide bonds. The molecule has 0 aromatic rings. The first-order chi connectivity index (χ1) is 29.4. The first-order valence-corrected chi connectivity index (χ1v) is 24.6.